The quantitative estimate of drug-likeness (QED) is 0.403. The molecule has 0 radical (unpaired) electrons. The molecule has 0 bridgehead atoms. The van der Waals surface area contributed by atoms with Crippen molar-refractivity contribution in [3.05, 3.63) is 65.7 Å². The first kappa shape index (κ1) is 24.6. The van der Waals surface area contributed by atoms with E-state index < -0.39 is 11.7 Å². The van der Waals surface area contributed by atoms with E-state index in [-0.39, 0.29) is 11.6 Å². The number of hydrogen-bond donors (Lipinski definition) is 0. The van der Waals surface area contributed by atoms with Gasteiger partial charge in [-0.05, 0) is 42.0 Å². The van der Waals surface area contributed by atoms with Gasteiger partial charge in [-0.1, -0.05) is 57.2 Å². The minimum Gasteiger partial charge on any atom is -0.381 e. The van der Waals surface area contributed by atoms with Crippen molar-refractivity contribution in [3.63, 3.8) is 0 Å². The van der Waals surface area contributed by atoms with Crippen LogP contribution in [-0.4, -0.2) is 37.4 Å². The molecule has 0 saturated carbocycles. The third-order valence-electron chi connectivity index (χ3n) is 5.68. The molecule has 6 heteroatoms. The van der Waals surface area contributed by atoms with Crippen LogP contribution in [0, 0.1) is 5.41 Å². The summed E-state index contributed by atoms with van der Waals surface area (Å²) >= 11 is 0. The molecule has 0 spiro atoms. The van der Waals surface area contributed by atoms with Crippen LogP contribution in [0.3, 0.4) is 0 Å². The molecule has 1 atom stereocenters. The second kappa shape index (κ2) is 10.7. The fraction of sp³-hybridized carbons (Fsp3) is 0.538. The van der Waals surface area contributed by atoms with Crippen molar-refractivity contribution in [2.24, 2.45) is 5.41 Å². The molecule has 32 heavy (non-hydrogen) atoms. The van der Waals surface area contributed by atoms with E-state index >= 15 is 0 Å². The lowest BCUT2D eigenvalue weighted by atomic mass is 9.99. The highest BCUT2D eigenvalue weighted by atomic mass is 19.4. The Labute approximate surface area is 190 Å². The summed E-state index contributed by atoms with van der Waals surface area (Å²) < 4.78 is 46.4. The molecule has 1 heterocycles. The molecule has 0 aliphatic carbocycles. The predicted molar refractivity (Wildman–Crippen MR) is 124 cm³/mol. The molecule has 1 saturated heterocycles. The van der Waals surface area contributed by atoms with Gasteiger partial charge in [-0.15, -0.1) is 0 Å². The van der Waals surface area contributed by atoms with Gasteiger partial charge in [-0.25, -0.2) is 0 Å². The average molecular weight is 449 g/mol. The largest absolute Gasteiger partial charge is 0.416 e. The molecule has 176 valence electrons. The molecular weight excluding hydrogens is 413 g/mol. The number of anilines is 1. The number of halogens is 3. The Kier molecular flexibility index (Phi) is 8.23. The molecule has 1 aliphatic heterocycles. The van der Waals surface area contributed by atoms with Crippen LogP contribution in [0.4, 0.5) is 18.9 Å². The van der Waals surface area contributed by atoms with Gasteiger partial charge in [-0.2, -0.15) is 13.2 Å². The molecule has 0 amide bonds. The molecule has 0 N–H and O–H groups in total. The average Bonchev–Trinajstić information content (AvgIpc) is 3.27. The van der Waals surface area contributed by atoms with Crippen molar-refractivity contribution in [3.8, 4) is 0 Å². The van der Waals surface area contributed by atoms with Crippen LogP contribution in [0.15, 0.2) is 54.6 Å². The maximum absolute atomic E-state index is 13.5. The van der Waals surface area contributed by atoms with Crippen LogP contribution in [-0.2, 0) is 17.5 Å². The number of benzene rings is 2. The first-order valence-electron chi connectivity index (χ1n) is 11.4. The lowest BCUT2D eigenvalue weighted by Crippen LogP contribution is -2.48. The van der Waals surface area contributed by atoms with Gasteiger partial charge in [0.1, 0.15) is 0 Å². The third kappa shape index (κ3) is 7.24. The molecule has 1 fully saturated rings. The van der Waals surface area contributed by atoms with Crippen molar-refractivity contribution >= 4 is 5.69 Å². The predicted octanol–water partition coefficient (Wildman–Crippen LogP) is 6.59. The van der Waals surface area contributed by atoms with Gasteiger partial charge >= 0.3 is 6.18 Å². The van der Waals surface area contributed by atoms with E-state index in [0.29, 0.717) is 25.4 Å². The van der Waals surface area contributed by atoms with Crippen LogP contribution in [0.25, 0.3) is 0 Å². The summed E-state index contributed by atoms with van der Waals surface area (Å²) in [7, 11) is 0. The normalized spacial score (nSPS) is 16.3. The number of alkyl halides is 3. The van der Waals surface area contributed by atoms with Gasteiger partial charge in [0.15, 0.2) is 0 Å². The first-order chi connectivity index (χ1) is 15.1. The second-order valence-corrected chi connectivity index (χ2v) is 9.79. The first-order valence-corrected chi connectivity index (χ1v) is 11.4. The SMILES string of the molecule is CC(C)(C)COCCC(N1CCCC1)N(Cc1ccccc1)c1cccc(C(F)(F)F)c1. The molecule has 1 aliphatic rings. The van der Waals surface area contributed by atoms with Gasteiger partial charge in [0.25, 0.3) is 0 Å². The number of likely N-dealkylation sites (tertiary alicyclic amines) is 1. The Balaban J connectivity index is 1.90. The third-order valence-corrected chi connectivity index (χ3v) is 5.68. The number of nitrogens with zero attached hydrogens (tertiary/aromatic N) is 2. The molecule has 0 aromatic heterocycles. The van der Waals surface area contributed by atoms with E-state index in [0.717, 1.165) is 44.0 Å². The molecular formula is C26H35F3N2O. The van der Waals surface area contributed by atoms with E-state index in [1.807, 2.05) is 30.3 Å². The van der Waals surface area contributed by atoms with Crippen molar-refractivity contribution < 1.29 is 17.9 Å². The standard InChI is InChI=1S/C26H35F3N2O/c1-25(2,3)20-32-17-14-24(30-15-7-8-16-30)31(19-21-10-5-4-6-11-21)23-13-9-12-22(18-23)26(27,28)29/h4-6,9-13,18,24H,7-8,14-17,19-20H2,1-3H3. The maximum atomic E-state index is 13.5. The van der Waals surface area contributed by atoms with Gasteiger partial charge in [0.05, 0.1) is 18.3 Å². The van der Waals surface area contributed by atoms with Crippen molar-refractivity contribution in [1.82, 2.24) is 4.90 Å². The molecule has 3 rings (SSSR count). The molecule has 1 unspecified atom stereocenters. The minimum atomic E-state index is -4.37. The minimum absolute atomic E-state index is 0.0267. The van der Waals surface area contributed by atoms with E-state index in [1.54, 1.807) is 6.07 Å². The zero-order valence-corrected chi connectivity index (χ0v) is 19.4. The number of rotatable bonds is 9. The van der Waals surface area contributed by atoms with E-state index in [4.69, 9.17) is 4.74 Å². The monoisotopic (exact) mass is 448 g/mol. The van der Waals surface area contributed by atoms with E-state index in [2.05, 4.69) is 30.6 Å². The highest BCUT2D eigenvalue weighted by molar-refractivity contribution is 5.50. The van der Waals surface area contributed by atoms with Gasteiger partial charge < -0.3 is 9.64 Å². The van der Waals surface area contributed by atoms with Crippen LogP contribution in [0.5, 0.6) is 0 Å². The highest BCUT2D eigenvalue weighted by Crippen LogP contribution is 2.34. The number of hydrogen-bond acceptors (Lipinski definition) is 3. The van der Waals surface area contributed by atoms with Gasteiger partial charge in [-0.3, -0.25) is 4.90 Å². The Bertz CT molecular complexity index is 827. The lowest BCUT2D eigenvalue weighted by Gasteiger charge is -2.40. The van der Waals surface area contributed by atoms with Crippen molar-refractivity contribution in [2.45, 2.75) is 58.9 Å². The fourth-order valence-corrected chi connectivity index (χ4v) is 4.15. The van der Waals surface area contributed by atoms with Crippen molar-refractivity contribution in [2.75, 3.05) is 31.2 Å². The summed E-state index contributed by atoms with van der Waals surface area (Å²) in [5.41, 5.74) is 1.13. The summed E-state index contributed by atoms with van der Waals surface area (Å²) in [4.78, 5) is 4.51. The summed E-state index contributed by atoms with van der Waals surface area (Å²) in [6, 6.07) is 15.7. The van der Waals surface area contributed by atoms with Crippen LogP contribution < -0.4 is 4.90 Å². The summed E-state index contributed by atoms with van der Waals surface area (Å²) in [6.45, 7) is 10.1. The van der Waals surface area contributed by atoms with Gasteiger partial charge in [0.2, 0.25) is 0 Å². The topological polar surface area (TPSA) is 15.7 Å². The van der Waals surface area contributed by atoms with Crippen LogP contribution in [0.2, 0.25) is 0 Å². The molecule has 2 aromatic carbocycles. The Morgan fingerprint density at radius 2 is 1.66 bits per heavy atom. The fourth-order valence-electron chi connectivity index (χ4n) is 4.15. The van der Waals surface area contributed by atoms with Crippen LogP contribution in [0.1, 0.15) is 51.2 Å². The zero-order valence-electron chi connectivity index (χ0n) is 19.4. The summed E-state index contributed by atoms with van der Waals surface area (Å²) in [5, 5.41) is 0. The summed E-state index contributed by atoms with van der Waals surface area (Å²) in [6.07, 6.45) is -1.43. The van der Waals surface area contributed by atoms with E-state index in [9.17, 15) is 13.2 Å². The lowest BCUT2D eigenvalue weighted by molar-refractivity contribution is -0.137. The zero-order chi connectivity index (χ0) is 23.2. The van der Waals surface area contributed by atoms with Crippen molar-refractivity contribution in [1.29, 1.82) is 0 Å². The Morgan fingerprint density at radius 3 is 2.28 bits per heavy atom. The number of ether oxygens (including phenoxy) is 1. The van der Waals surface area contributed by atoms with E-state index in [1.165, 1.54) is 12.1 Å². The molecule has 2 aromatic rings. The maximum Gasteiger partial charge on any atom is 0.416 e. The molecule has 3 nitrogen and oxygen atoms in total. The smallest absolute Gasteiger partial charge is 0.381 e. The second-order valence-electron chi connectivity index (χ2n) is 9.79. The summed E-state index contributed by atoms with van der Waals surface area (Å²) in [5.74, 6) is 0. The van der Waals surface area contributed by atoms with Gasteiger partial charge in [0, 0.05) is 38.3 Å². The van der Waals surface area contributed by atoms with Crippen LogP contribution >= 0.6 is 0 Å². The Hall–Kier alpha value is -2.05. The Morgan fingerprint density at radius 1 is 0.969 bits per heavy atom. The highest BCUT2D eigenvalue weighted by Gasteiger charge is 2.33.